The van der Waals surface area contributed by atoms with Gasteiger partial charge in [0.25, 0.3) is 5.91 Å². The first-order valence-corrected chi connectivity index (χ1v) is 7.35. The summed E-state index contributed by atoms with van der Waals surface area (Å²) < 4.78 is 19.3. The van der Waals surface area contributed by atoms with Crippen molar-refractivity contribution in [3.8, 4) is 0 Å². The average Bonchev–Trinajstić information content (AvgIpc) is 2.48. The van der Waals surface area contributed by atoms with Crippen LogP contribution in [0, 0.1) is 5.82 Å². The average molecular weight is 382 g/mol. The Balaban J connectivity index is 0.00000220. The summed E-state index contributed by atoms with van der Waals surface area (Å²) in [5, 5.41) is 6.03. The number of ether oxygens (including phenoxy) is 1. The molecule has 0 atom stereocenters. The normalized spacial score (nSPS) is 16.9. The molecule has 1 heterocycles. The van der Waals surface area contributed by atoms with Gasteiger partial charge in [-0.05, 0) is 59.6 Å². The van der Waals surface area contributed by atoms with Crippen LogP contribution >= 0.6 is 28.3 Å². The molecular formula is C14H19BrClFN2O2. The highest BCUT2D eigenvalue weighted by Crippen LogP contribution is 2.23. The first-order chi connectivity index (χ1) is 9.57. The number of hydrogen-bond acceptors (Lipinski definition) is 3. The molecule has 1 aliphatic rings. The van der Waals surface area contributed by atoms with Gasteiger partial charge < -0.3 is 15.4 Å². The van der Waals surface area contributed by atoms with Gasteiger partial charge in [-0.15, -0.1) is 12.4 Å². The molecule has 7 heteroatoms. The van der Waals surface area contributed by atoms with Crippen molar-refractivity contribution in [2.75, 3.05) is 20.2 Å². The van der Waals surface area contributed by atoms with Gasteiger partial charge in [-0.2, -0.15) is 0 Å². The Bertz CT molecular complexity index is 496. The van der Waals surface area contributed by atoms with Crippen molar-refractivity contribution in [2.45, 2.75) is 25.0 Å². The van der Waals surface area contributed by atoms with E-state index in [0.29, 0.717) is 23.9 Å². The minimum Gasteiger partial charge on any atom is -0.368 e. The molecule has 1 fully saturated rings. The van der Waals surface area contributed by atoms with Gasteiger partial charge in [0.15, 0.2) is 0 Å². The molecule has 1 amide bonds. The molecule has 1 saturated heterocycles. The summed E-state index contributed by atoms with van der Waals surface area (Å²) in [7, 11) is 1.56. The minimum atomic E-state index is -0.765. The van der Waals surface area contributed by atoms with Gasteiger partial charge in [0, 0.05) is 13.7 Å². The third-order valence-corrected chi connectivity index (χ3v) is 4.30. The quantitative estimate of drug-likeness (QED) is 0.842. The Morgan fingerprint density at radius 2 is 2.14 bits per heavy atom. The van der Waals surface area contributed by atoms with Crippen molar-refractivity contribution >= 4 is 34.2 Å². The molecule has 21 heavy (non-hydrogen) atoms. The first kappa shape index (κ1) is 18.4. The largest absolute Gasteiger partial charge is 0.368 e. The van der Waals surface area contributed by atoms with Gasteiger partial charge in [-0.25, -0.2) is 4.39 Å². The molecule has 4 nitrogen and oxygen atoms in total. The zero-order valence-corrected chi connectivity index (χ0v) is 14.2. The summed E-state index contributed by atoms with van der Waals surface area (Å²) in [5.74, 6) is -0.468. The summed E-state index contributed by atoms with van der Waals surface area (Å²) in [6.07, 6.45) is 1.29. The SMILES string of the molecule is COC1(C(=O)NCc2ccc(Br)c(F)c2)CCNCC1.Cl. The number of hydrogen-bond donors (Lipinski definition) is 2. The Morgan fingerprint density at radius 1 is 1.48 bits per heavy atom. The fourth-order valence-corrected chi connectivity index (χ4v) is 2.59. The fourth-order valence-electron chi connectivity index (χ4n) is 2.35. The van der Waals surface area contributed by atoms with E-state index < -0.39 is 5.60 Å². The number of piperidine rings is 1. The zero-order valence-electron chi connectivity index (χ0n) is 11.7. The maximum absolute atomic E-state index is 13.4. The number of halogens is 3. The second-order valence-electron chi connectivity index (χ2n) is 4.88. The maximum atomic E-state index is 13.4. The number of nitrogens with one attached hydrogen (secondary N) is 2. The number of carbonyl (C=O) groups excluding carboxylic acids is 1. The van der Waals surface area contributed by atoms with Crippen LogP contribution in [0.5, 0.6) is 0 Å². The lowest BCUT2D eigenvalue weighted by Gasteiger charge is -2.34. The number of rotatable bonds is 4. The van der Waals surface area contributed by atoms with E-state index in [-0.39, 0.29) is 24.1 Å². The molecular weight excluding hydrogens is 363 g/mol. The molecule has 0 spiro atoms. The van der Waals surface area contributed by atoms with Crippen molar-refractivity contribution < 1.29 is 13.9 Å². The van der Waals surface area contributed by atoms with Gasteiger partial charge in [-0.3, -0.25) is 4.79 Å². The predicted molar refractivity (Wildman–Crippen MR) is 85.0 cm³/mol. The summed E-state index contributed by atoms with van der Waals surface area (Å²) in [5.41, 5.74) is -0.0432. The highest BCUT2D eigenvalue weighted by Gasteiger charge is 2.39. The van der Waals surface area contributed by atoms with Crippen LogP contribution in [0.3, 0.4) is 0 Å². The minimum absolute atomic E-state index is 0. The number of amides is 1. The standard InChI is InChI=1S/C14H18BrFN2O2.ClH/c1-20-14(4-6-17-7-5-14)13(19)18-9-10-2-3-11(15)12(16)8-10;/h2-3,8,17H,4-7,9H2,1H3,(H,18,19);1H. The summed E-state index contributed by atoms with van der Waals surface area (Å²) in [6.45, 7) is 1.81. The van der Waals surface area contributed by atoms with E-state index in [2.05, 4.69) is 26.6 Å². The number of benzene rings is 1. The van der Waals surface area contributed by atoms with Crippen LogP contribution in [0.1, 0.15) is 18.4 Å². The van der Waals surface area contributed by atoms with E-state index in [1.165, 1.54) is 6.07 Å². The van der Waals surface area contributed by atoms with Crippen molar-refractivity contribution in [3.05, 3.63) is 34.1 Å². The molecule has 0 aromatic heterocycles. The molecule has 0 unspecified atom stereocenters. The number of carbonyl (C=O) groups is 1. The molecule has 0 radical (unpaired) electrons. The Morgan fingerprint density at radius 3 is 2.71 bits per heavy atom. The van der Waals surface area contributed by atoms with Crippen molar-refractivity contribution in [1.82, 2.24) is 10.6 Å². The highest BCUT2D eigenvalue weighted by molar-refractivity contribution is 9.10. The summed E-state index contributed by atoms with van der Waals surface area (Å²) in [6, 6.07) is 4.81. The third-order valence-electron chi connectivity index (χ3n) is 3.65. The lowest BCUT2D eigenvalue weighted by atomic mass is 9.91. The van der Waals surface area contributed by atoms with Crippen molar-refractivity contribution in [2.24, 2.45) is 0 Å². The van der Waals surface area contributed by atoms with Crippen LogP contribution in [0.2, 0.25) is 0 Å². The van der Waals surface area contributed by atoms with Crippen LogP contribution in [-0.4, -0.2) is 31.7 Å². The lowest BCUT2D eigenvalue weighted by Crippen LogP contribution is -2.53. The molecule has 2 N–H and O–H groups in total. The van der Waals surface area contributed by atoms with Crippen LogP contribution in [0.15, 0.2) is 22.7 Å². The van der Waals surface area contributed by atoms with E-state index in [9.17, 15) is 9.18 Å². The Hall–Kier alpha value is -0.690. The second-order valence-corrected chi connectivity index (χ2v) is 5.73. The molecule has 0 saturated carbocycles. The molecule has 0 aliphatic carbocycles. The summed E-state index contributed by atoms with van der Waals surface area (Å²) in [4.78, 5) is 12.3. The first-order valence-electron chi connectivity index (χ1n) is 6.55. The van der Waals surface area contributed by atoms with E-state index in [1.54, 1.807) is 19.2 Å². The van der Waals surface area contributed by atoms with Gasteiger partial charge in [0.05, 0.1) is 4.47 Å². The van der Waals surface area contributed by atoms with Crippen LogP contribution in [0.4, 0.5) is 4.39 Å². The third kappa shape index (κ3) is 4.39. The highest BCUT2D eigenvalue weighted by atomic mass is 79.9. The van der Waals surface area contributed by atoms with Crippen molar-refractivity contribution in [3.63, 3.8) is 0 Å². The molecule has 1 aliphatic heterocycles. The smallest absolute Gasteiger partial charge is 0.252 e. The van der Waals surface area contributed by atoms with Gasteiger partial charge in [0.1, 0.15) is 11.4 Å². The van der Waals surface area contributed by atoms with E-state index >= 15 is 0 Å². The number of methoxy groups -OCH3 is 1. The molecule has 1 aromatic rings. The monoisotopic (exact) mass is 380 g/mol. The van der Waals surface area contributed by atoms with Crippen LogP contribution < -0.4 is 10.6 Å². The molecule has 1 aromatic carbocycles. The Labute approximate surface area is 138 Å². The zero-order chi connectivity index (χ0) is 14.6. The van der Waals surface area contributed by atoms with Crippen LogP contribution in [-0.2, 0) is 16.1 Å². The summed E-state index contributed by atoms with van der Waals surface area (Å²) >= 11 is 3.10. The molecule has 118 valence electrons. The fraction of sp³-hybridized carbons (Fsp3) is 0.500. The lowest BCUT2D eigenvalue weighted by molar-refractivity contribution is -0.146. The Kier molecular flexibility index (Phi) is 7.06. The van der Waals surface area contributed by atoms with Crippen molar-refractivity contribution in [1.29, 1.82) is 0 Å². The van der Waals surface area contributed by atoms with Gasteiger partial charge in [-0.1, -0.05) is 6.07 Å². The van der Waals surface area contributed by atoms with Crippen LogP contribution in [0.25, 0.3) is 0 Å². The topological polar surface area (TPSA) is 50.4 Å². The van der Waals surface area contributed by atoms with Gasteiger partial charge >= 0.3 is 0 Å². The second kappa shape index (κ2) is 8.08. The molecule has 2 rings (SSSR count). The van der Waals surface area contributed by atoms with E-state index in [4.69, 9.17) is 4.74 Å². The van der Waals surface area contributed by atoms with E-state index in [0.717, 1.165) is 18.7 Å². The maximum Gasteiger partial charge on any atom is 0.252 e. The predicted octanol–water partition coefficient (Wildman–Crippen LogP) is 2.39. The van der Waals surface area contributed by atoms with Gasteiger partial charge in [0.2, 0.25) is 0 Å². The molecule has 0 bridgehead atoms. The van der Waals surface area contributed by atoms with E-state index in [1.807, 2.05) is 0 Å².